The van der Waals surface area contributed by atoms with Gasteiger partial charge in [0.2, 0.25) is 11.8 Å². The second-order valence-corrected chi connectivity index (χ2v) is 10.3. The van der Waals surface area contributed by atoms with Gasteiger partial charge in [-0.3, -0.25) is 19.2 Å². The fourth-order valence-electron chi connectivity index (χ4n) is 4.27. The third-order valence-electron chi connectivity index (χ3n) is 6.44. The number of aromatic nitrogens is 3. The average Bonchev–Trinajstić information content (AvgIpc) is 3.41. The zero-order valence-electron chi connectivity index (χ0n) is 23.3. The Balaban J connectivity index is 1.55. The molecule has 2 heterocycles. The van der Waals surface area contributed by atoms with Crippen LogP contribution in [-0.2, 0) is 29.2 Å². The van der Waals surface area contributed by atoms with Crippen LogP contribution in [0, 0.1) is 5.92 Å². The van der Waals surface area contributed by atoms with Gasteiger partial charge in [-0.15, -0.1) is 5.10 Å². The number of fused-ring (bicyclic) bond motifs is 6. The molecular formula is C29H35N7O5. The van der Waals surface area contributed by atoms with E-state index in [0.29, 0.717) is 41.1 Å². The van der Waals surface area contributed by atoms with Gasteiger partial charge in [-0.25, -0.2) is 4.68 Å². The summed E-state index contributed by atoms with van der Waals surface area (Å²) in [5.74, 6) is -0.909. The van der Waals surface area contributed by atoms with Crippen molar-refractivity contribution in [2.75, 3.05) is 6.61 Å². The van der Waals surface area contributed by atoms with Crippen LogP contribution in [0.1, 0.15) is 59.2 Å². The number of benzene rings is 2. The molecule has 1 aromatic heterocycles. The largest absolute Gasteiger partial charge is 0.492 e. The second kappa shape index (κ2) is 13.6. The monoisotopic (exact) mass is 561 g/mol. The van der Waals surface area contributed by atoms with Crippen molar-refractivity contribution in [1.82, 2.24) is 36.3 Å². The SMILES string of the molecule is CC(C)C[C@H]1NC(=O)[C@@H](C)NC(=O)c2cccc(c2)CNC(=O)c2cccc(c2)OCCn2cc(nn2)CNC1=O. The van der Waals surface area contributed by atoms with Crippen molar-refractivity contribution in [2.24, 2.45) is 5.92 Å². The summed E-state index contributed by atoms with van der Waals surface area (Å²) in [6, 6.07) is 11.9. The molecule has 4 rings (SSSR count). The summed E-state index contributed by atoms with van der Waals surface area (Å²) in [6.07, 6.45) is 2.12. The highest BCUT2D eigenvalue weighted by Crippen LogP contribution is 2.14. The van der Waals surface area contributed by atoms with Gasteiger partial charge in [0, 0.05) is 17.7 Å². The van der Waals surface area contributed by atoms with E-state index in [2.05, 4.69) is 31.6 Å². The quantitative estimate of drug-likeness (QED) is 0.370. The first kappa shape index (κ1) is 29.2. The van der Waals surface area contributed by atoms with E-state index in [4.69, 9.17) is 4.74 Å². The summed E-state index contributed by atoms with van der Waals surface area (Å²) in [5, 5.41) is 19.3. The molecule has 4 amide bonds. The third-order valence-corrected chi connectivity index (χ3v) is 6.44. The molecule has 0 saturated heterocycles. The lowest BCUT2D eigenvalue weighted by Crippen LogP contribution is -2.53. The number of amides is 4. The van der Waals surface area contributed by atoms with Gasteiger partial charge in [0.25, 0.3) is 11.8 Å². The molecular weight excluding hydrogens is 526 g/mol. The maximum atomic E-state index is 13.0. The fraction of sp³-hybridized carbons (Fsp3) is 0.379. The summed E-state index contributed by atoms with van der Waals surface area (Å²) in [7, 11) is 0. The van der Waals surface area contributed by atoms with Crippen molar-refractivity contribution in [3.63, 3.8) is 0 Å². The zero-order valence-corrected chi connectivity index (χ0v) is 23.3. The normalized spacial score (nSPS) is 19.2. The molecule has 2 aromatic carbocycles. The van der Waals surface area contributed by atoms with Crippen LogP contribution < -0.4 is 26.0 Å². The van der Waals surface area contributed by atoms with Crippen LogP contribution in [0.2, 0.25) is 0 Å². The summed E-state index contributed by atoms with van der Waals surface area (Å²) in [6.45, 7) is 6.48. The standard InChI is InChI=1S/C29H35N7O5/c1-18(2)12-25-29(40)31-16-23-17-36(35-34-23)10-11-41-24-9-5-8-22(14-24)27(38)30-15-20-6-4-7-21(13-20)28(39)32-19(3)26(37)33-25/h4-9,13-14,17-19,25H,10-12,15-16H2,1-3H3,(H,30,38)(H,31,40)(H,32,39)(H,33,37)/t19-,25-/m1/s1. The fourth-order valence-corrected chi connectivity index (χ4v) is 4.27. The first-order chi connectivity index (χ1) is 19.7. The van der Waals surface area contributed by atoms with Crippen molar-refractivity contribution in [3.8, 4) is 5.75 Å². The number of carbonyl (C=O) groups is 4. The number of ether oxygens (including phenoxy) is 1. The average molecular weight is 562 g/mol. The molecule has 0 aliphatic carbocycles. The van der Waals surface area contributed by atoms with Gasteiger partial charge in [-0.1, -0.05) is 37.3 Å². The topological polar surface area (TPSA) is 156 Å². The number of hydrogen-bond donors (Lipinski definition) is 4. The molecule has 0 fully saturated rings. The van der Waals surface area contributed by atoms with Crippen LogP contribution in [0.3, 0.4) is 0 Å². The zero-order chi connectivity index (χ0) is 29.4. The van der Waals surface area contributed by atoms with Gasteiger partial charge < -0.3 is 26.0 Å². The molecule has 1 aliphatic heterocycles. The third kappa shape index (κ3) is 8.37. The molecule has 41 heavy (non-hydrogen) atoms. The van der Waals surface area contributed by atoms with Gasteiger partial charge >= 0.3 is 0 Å². The van der Waals surface area contributed by atoms with Crippen molar-refractivity contribution in [1.29, 1.82) is 0 Å². The molecule has 6 bridgehead atoms. The van der Waals surface area contributed by atoms with E-state index in [1.54, 1.807) is 66.3 Å². The molecule has 1 aliphatic rings. The maximum absolute atomic E-state index is 13.0. The molecule has 3 aromatic rings. The Morgan fingerprint density at radius 1 is 0.927 bits per heavy atom. The number of rotatable bonds is 2. The minimum absolute atomic E-state index is 0.129. The predicted molar refractivity (Wildman–Crippen MR) is 150 cm³/mol. The summed E-state index contributed by atoms with van der Waals surface area (Å²) >= 11 is 0. The molecule has 2 atom stereocenters. The lowest BCUT2D eigenvalue weighted by molar-refractivity contribution is -0.130. The Morgan fingerprint density at radius 2 is 1.68 bits per heavy atom. The lowest BCUT2D eigenvalue weighted by atomic mass is 10.0. The number of nitrogens with one attached hydrogen (secondary N) is 4. The molecule has 0 saturated carbocycles. The molecule has 0 radical (unpaired) electrons. The highest BCUT2D eigenvalue weighted by atomic mass is 16.5. The van der Waals surface area contributed by atoms with Crippen LogP contribution in [0.25, 0.3) is 0 Å². The van der Waals surface area contributed by atoms with E-state index >= 15 is 0 Å². The second-order valence-electron chi connectivity index (χ2n) is 10.3. The van der Waals surface area contributed by atoms with Gasteiger partial charge in [0.15, 0.2) is 0 Å². The highest BCUT2D eigenvalue weighted by Gasteiger charge is 2.25. The Bertz CT molecular complexity index is 1400. The van der Waals surface area contributed by atoms with E-state index in [1.807, 2.05) is 13.8 Å². The van der Waals surface area contributed by atoms with Crippen LogP contribution in [0.4, 0.5) is 0 Å². The first-order valence-corrected chi connectivity index (χ1v) is 13.6. The van der Waals surface area contributed by atoms with Crippen LogP contribution in [0.5, 0.6) is 5.75 Å². The van der Waals surface area contributed by atoms with Gasteiger partial charge in [-0.2, -0.15) is 0 Å². The Hall–Kier alpha value is -4.74. The Labute approximate surface area is 238 Å². The summed E-state index contributed by atoms with van der Waals surface area (Å²) in [4.78, 5) is 51.6. The first-order valence-electron chi connectivity index (χ1n) is 13.6. The Morgan fingerprint density at radius 3 is 2.46 bits per heavy atom. The van der Waals surface area contributed by atoms with Crippen molar-refractivity contribution < 1.29 is 23.9 Å². The molecule has 0 unspecified atom stereocenters. The summed E-state index contributed by atoms with van der Waals surface area (Å²) < 4.78 is 7.41. The molecule has 4 N–H and O–H groups in total. The molecule has 216 valence electrons. The van der Waals surface area contributed by atoms with Gasteiger partial charge in [0.05, 0.1) is 19.3 Å². The van der Waals surface area contributed by atoms with Crippen molar-refractivity contribution in [3.05, 3.63) is 77.1 Å². The minimum Gasteiger partial charge on any atom is -0.492 e. The minimum atomic E-state index is -0.895. The van der Waals surface area contributed by atoms with E-state index < -0.39 is 23.9 Å². The van der Waals surface area contributed by atoms with Gasteiger partial charge in [0.1, 0.15) is 30.1 Å². The molecule has 0 spiro atoms. The van der Waals surface area contributed by atoms with E-state index in [0.717, 1.165) is 0 Å². The number of carbonyl (C=O) groups excluding carboxylic acids is 4. The van der Waals surface area contributed by atoms with Crippen LogP contribution in [0.15, 0.2) is 54.7 Å². The maximum Gasteiger partial charge on any atom is 0.251 e. The van der Waals surface area contributed by atoms with E-state index in [-0.39, 0.29) is 37.4 Å². The highest BCUT2D eigenvalue weighted by molar-refractivity contribution is 5.98. The van der Waals surface area contributed by atoms with E-state index in [9.17, 15) is 19.2 Å². The molecule has 12 nitrogen and oxygen atoms in total. The van der Waals surface area contributed by atoms with Crippen LogP contribution >= 0.6 is 0 Å². The molecule has 12 heteroatoms. The summed E-state index contributed by atoms with van der Waals surface area (Å²) in [5.41, 5.74) is 2.03. The predicted octanol–water partition coefficient (Wildman–Crippen LogP) is 1.57. The lowest BCUT2D eigenvalue weighted by Gasteiger charge is -2.22. The smallest absolute Gasteiger partial charge is 0.251 e. The number of nitrogens with zero attached hydrogens (tertiary/aromatic N) is 3. The Kier molecular flexibility index (Phi) is 9.67. The van der Waals surface area contributed by atoms with E-state index in [1.165, 1.54) is 0 Å². The van der Waals surface area contributed by atoms with Gasteiger partial charge in [-0.05, 0) is 55.2 Å². The van der Waals surface area contributed by atoms with Crippen LogP contribution in [-0.4, -0.2) is 57.3 Å². The van der Waals surface area contributed by atoms with Crippen molar-refractivity contribution >= 4 is 23.6 Å². The van der Waals surface area contributed by atoms with Crippen molar-refractivity contribution in [2.45, 2.75) is 58.9 Å². The number of hydrogen-bond acceptors (Lipinski definition) is 7.